The number of carbonyl (C=O) groups is 2. The van der Waals surface area contributed by atoms with E-state index in [1.54, 1.807) is 0 Å². The van der Waals surface area contributed by atoms with Crippen LogP contribution in [-0.2, 0) is 16.0 Å². The van der Waals surface area contributed by atoms with Crippen molar-refractivity contribution < 1.29 is 9.59 Å². The minimum atomic E-state index is -0.383. The van der Waals surface area contributed by atoms with Gasteiger partial charge >= 0.3 is 0 Å². The number of aromatic amines is 1. The number of H-pyrrole nitrogens is 1. The van der Waals surface area contributed by atoms with Crippen molar-refractivity contribution in [2.75, 3.05) is 10.2 Å². The van der Waals surface area contributed by atoms with Crippen LogP contribution in [0.5, 0.6) is 0 Å². The Labute approximate surface area is 167 Å². The fourth-order valence-corrected chi connectivity index (χ4v) is 4.73. The van der Waals surface area contributed by atoms with E-state index < -0.39 is 0 Å². The van der Waals surface area contributed by atoms with Crippen LogP contribution in [0, 0.1) is 11.8 Å². The molecule has 2 amide bonds. The van der Waals surface area contributed by atoms with Crippen molar-refractivity contribution in [3.05, 3.63) is 36.2 Å². The number of rotatable bonds is 3. The second-order valence-electron chi connectivity index (χ2n) is 7.92. The zero-order valence-electron chi connectivity index (χ0n) is 16.2. The minimum Gasteiger partial charge on any atom is -0.309 e. The van der Waals surface area contributed by atoms with Crippen molar-refractivity contribution in [1.29, 1.82) is 0 Å². The lowest BCUT2D eigenvalue weighted by molar-refractivity contribution is -0.132. The third kappa shape index (κ3) is 2.97. The fraction of sp³-hybridized carbons (Fsp3) is 0.450. The summed E-state index contributed by atoms with van der Waals surface area (Å²) in [5, 5.41) is 13.6. The highest BCUT2D eigenvalue weighted by Crippen LogP contribution is 2.38. The second-order valence-corrected chi connectivity index (χ2v) is 7.92. The number of fused-ring (bicyclic) bond motifs is 2. The van der Waals surface area contributed by atoms with Crippen LogP contribution in [0.4, 0.5) is 11.6 Å². The molecule has 2 N–H and O–H groups in total. The molecular formula is C20H23N7O2. The van der Waals surface area contributed by atoms with Crippen molar-refractivity contribution >= 4 is 29.2 Å². The molecule has 0 radical (unpaired) electrons. The molecule has 3 heterocycles. The van der Waals surface area contributed by atoms with E-state index in [-0.39, 0.29) is 29.7 Å². The summed E-state index contributed by atoms with van der Waals surface area (Å²) in [5.74, 6) is -0.172. The fourth-order valence-electron chi connectivity index (χ4n) is 4.73. The Morgan fingerprint density at radius 3 is 2.79 bits per heavy atom. The molecular weight excluding hydrogens is 370 g/mol. The van der Waals surface area contributed by atoms with Gasteiger partial charge in [-0.15, -0.1) is 10.2 Å². The van der Waals surface area contributed by atoms with E-state index in [4.69, 9.17) is 0 Å². The van der Waals surface area contributed by atoms with Gasteiger partial charge in [-0.05, 0) is 37.8 Å². The smallest absolute Gasteiger partial charge is 0.273 e. The average Bonchev–Trinajstić information content (AvgIpc) is 3.42. The molecule has 0 saturated heterocycles. The first-order valence-electron chi connectivity index (χ1n) is 10.1. The number of amides is 2. The number of para-hydroxylation sites is 1. The van der Waals surface area contributed by atoms with E-state index in [9.17, 15) is 9.59 Å². The number of aromatic nitrogens is 5. The van der Waals surface area contributed by atoms with Gasteiger partial charge in [0.25, 0.3) is 11.7 Å². The highest BCUT2D eigenvalue weighted by atomic mass is 16.2. The van der Waals surface area contributed by atoms with Gasteiger partial charge in [0, 0.05) is 17.6 Å². The predicted molar refractivity (Wildman–Crippen MR) is 106 cm³/mol. The number of nitrogens with zero attached hydrogens (tertiary/aromatic N) is 5. The molecule has 0 bridgehead atoms. The molecule has 3 unspecified atom stereocenters. The molecule has 3 aromatic rings. The molecule has 29 heavy (non-hydrogen) atoms. The Hall–Kier alpha value is -3.23. The minimum absolute atomic E-state index is 0.0511. The number of hydrogen-bond donors (Lipinski definition) is 2. The molecule has 1 saturated carbocycles. The summed E-state index contributed by atoms with van der Waals surface area (Å²) in [4.78, 5) is 32.6. The van der Waals surface area contributed by atoms with Gasteiger partial charge in [-0.1, -0.05) is 31.0 Å². The zero-order chi connectivity index (χ0) is 20.0. The van der Waals surface area contributed by atoms with Gasteiger partial charge in [0.15, 0.2) is 0 Å². The Morgan fingerprint density at radius 1 is 1.14 bits per heavy atom. The van der Waals surface area contributed by atoms with Gasteiger partial charge < -0.3 is 4.90 Å². The number of anilines is 2. The number of carbonyl (C=O) groups excluding carboxylic acids is 2. The molecule has 3 atom stereocenters. The SMILES string of the molecule is CC1Cc2ccccc2N1C(=O)C1CCCCC1C(=O)Nc1nnc2nc[nH]n12. The van der Waals surface area contributed by atoms with E-state index in [2.05, 4.69) is 38.6 Å². The zero-order valence-corrected chi connectivity index (χ0v) is 16.2. The van der Waals surface area contributed by atoms with Gasteiger partial charge in [0.1, 0.15) is 6.33 Å². The van der Waals surface area contributed by atoms with Crippen LogP contribution in [-0.4, -0.2) is 42.7 Å². The lowest BCUT2D eigenvalue weighted by Crippen LogP contribution is -2.46. The molecule has 0 spiro atoms. The van der Waals surface area contributed by atoms with Crippen LogP contribution in [0.2, 0.25) is 0 Å². The molecule has 2 aromatic heterocycles. The summed E-state index contributed by atoms with van der Waals surface area (Å²) in [6, 6.07) is 8.14. The lowest BCUT2D eigenvalue weighted by Gasteiger charge is -2.34. The van der Waals surface area contributed by atoms with Gasteiger partial charge in [0.05, 0.1) is 5.92 Å². The summed E-state index contributed by atoms with van der Waals surface area (Å²) >= 11 is 0. The summed E-state index contributed by atoms with van der Waals surface area (Å²) in [6.07, 6.45) is 5.65. The monoisotopic (exact) mass is 393 g/mol. The molecule has 2 aliphatic rings. The van der Waals surface area contributed by atoms with Crippen molar-refractivity contribution in [2.45, 2.75) is 45.1 Å². The topological polar surface area (TPSA) is 108 Å². The Kier molecular flexibility index (Phi) is 4.30. The second kappa shape index (κ2) is 6.98. The summed E-state index contributed by atoms with van der Waals surface area (Å²) in [6.45, 7) is 2.07. The number of benzene rings is 1. The molecule has 1 aliphatic carbocycles. The van der Waals surface area contributed by atoms with Crippen molar-refractivity contribution in [3.8, 4) is 0 Å². The number of hydrogen-bond acceptors (Lipinski definition) is 5. The Balaban J connectivity index is 1.39. The summed E-state index contributed by atoms with van der Waals surface area (Å²) in [5.41, 5.74) is 2.17. The third-order valence-electron chi connectivity index (χ3n) is 6.11. The van der Waals surface area contributed by atoms with E-state index in [0.717, 1.165) is 31.4 Å². The van der Waals surface area contributed by atoms with Crippen LogP contribution >= 0.6 is 0 Å². The predicted octanol–water partition coefficient (Wildman–Crippen LogP) is 2.18. The van der Waals surface area contributed by atoms with Crippen LogP contribution in [0.3, 0.4) is 0 Å². The quantitative estimate of drug-likeness (QED) is 0.709. The van der Waals surface area contributed by atoms with E-state index >= 15 is 0 Å². The van der Waals surface area contributed by atoms with E-state index in [0.29, 0.717) is 18.1 Å². The maximum absolute atomic E-state index is 13.6. The van der Waals surface area contributed by atoms with Gasteiger partial charge in [-0.25, -0.2) is 0 Å². The lowest BCUT2D eigenvalue weighted by atomic mass is 9.77. The third-order valence-corrected chi connectivity index (χ3v) is 6.11. The highest BCUT2D eigenvalue weighted by Gasteiger charge is 2.41. The maximum Gasteiger partial charge on any atom is 0.273 e. The van der Waals surface area contributed by atoms with Gasteiger partial charge in [-0.3, -0.25) is 20.0 Å². The molecule has 5 rings (SSSR count). The van der Waals surface area contributed by atoms with Crippen LogP contribution in [0.25, 0.3) is 5.78 Å². The maximum atomic E-state index is 13.6. The average molecular weight is 393 g/mol. The van der Waals surface area contributed by atoms with Gasteiger partial charge in [0.2, 0.25) is 11.8 Å². The Bertz CT molecular complexity index is 1070. The van der Waals surface area contributed by atoms with Gasteiger partial charge in [-0.2, -0.15) is 9.50 Å². The summed E-state index contributed by atoms with van der Waals surface area (Å²) in [7, 11) is 0. The standard InChI is InChI=1S/C20H23N7O2/c1-12-10-13-6-2-5-9-16(13)26(12)18(29)15-8-4-3-7-14(15)17(28)23-20-25-24-19-21-11-22-27(19)20/h2,5-6,9,11-12,14-15H,3-4,7-8,10H2,1H3,(H,21,22,24)(H,23,25,28). The normalized spacial score (nSPS) is 23.9. The van der Waals surface area contributed by atoms with Crippen LogP contribution < -0.4 is 10.2 Å². The van der Waals surface area contributed by atoms with Crippen molar-refractivity contribution in [3.63, 3.8) is 0 Å². The molecule has 1 fully saturated rings. The van der Waals surface area contributed by atoms with E-state index in [1.807, 2.05) is 23.1 Å². The molecule has 9 nitrogen and oxygen atoms in total. The van der Waals surface area contributed by atoms with Crippen molar-refractivity contribution in [2.24, 2.45) is 11.8 Å². The van der Waals surface area contributed by atoms with Crippen LogP contribution in [0.1, 0.15) is 38.2 Å². The molecule has 9 heteroatoms. The number of nitrogens with one attached hydrogen (secondary N) is 2. The molecule has 1 aromatic carbocycles. The highest BCUT2D eigenvalue weighted by molar-refractivity contribution is 6.02. The van der Waals surface area contributed by atoms with Crippen molar-refractivity contribution in [1.82, 2.24) is 24.8 Å². The molecule has 1 aliphatic heterocycles. The molecule has 150 valence electrons. The largest absolute Gasteiger partial charge is 0.309 e. The first-order chi connectivity index (χ1) is 14.1. The van der Waals surface area contributed by atoms with E-state index in [1.165, 1.54) is 16.4 Å². The first kappa shape index (κ1) is 17.8. The van der Waals surface area contributed by atoms with Crippen LogP contribution in [0.15, 0.2) is 30.6 Å². The summed E-state index contributed by atoms with van der Waals surface area (Å²) < 4.78 is 1.51. The Morgan fingerprint density at radius 2 is 1.93 bits per heavy atom. The first-order valence-corrected chi connectivity index (χ1v) is 10.1.